The third-order valence-electron chi connectivity index (χ3n) is 4.83. The Kier molecular flexibility index (Phi) is 4.51. The smallest absolute Gasteiger partial charge is 0.227 e. The van der Waals surface area contributed by atoms with Gasteiger partial charge in [-0.1, -0.05) is 49.4 Å². The lowest BCUT2D eigenvalue weighted by molar-refractivity contribution is 0.442. The maximum absolute atomic E-state index is 4.88. The van der Waals surface area contributed by atoms with Gasteiger partial charge < -0.3 is 10.2 Å². The number of para-hydroxylation sites is 1. The molecule has 0 saturated carbocycles. The maximum Gasteiger partial charge on any atom is 0.227 e. The SMILES string of the molecule is CC1CCCN(c2nc(NCc3ccccc3)c3ccccc3n2)C1. The second-order valence-corrected chi connectivity index (χ2v) is 6.92. The van der Waals surface area contributed by atoms with Gasteiger partial charge in [-0.2, -0.15) is 4.98 Å². The average molecular weight is 332 g/mol. The quantitative estimate of drug-likeness (QED) is 0.765. The fourth-order valence-corrected chi connectivity index (χ4v) is 3.49. The number of rotatable bonds is 4. The van der Waals surface area contributed by atoms with E-state index in [1.807, 2.05) is 18.2 Å². The van der Waals surface area contributed by atoms with Gasteiger partial charge in [0.25, 0.3) is 0 Å². The zero-order valence-corrected chi connectivity index (χ0v) is 14.7. The van der Waals surface area contributed by atoms with Crippen molar-refractivity contribution < 1.29 is 0 Å². The van der Waals surface area contributed by atoms with Crippen LogP contribution >= 0.6 is 0 Å². The number of fused-ring (bicyclic) bond motifs is 1. The highest BCUT2D eigenvalue weighted by atomic mass is 15.3. The summed E-state index contributed by atoms with van der Waals surface area (Å²) in [6.07, 6.45) is 2.51. The van der Waals surface area contributed by atoms with E-state index in [1.54, 1.807) is 0 Å². The van der Waals surface area contributed by atoms with Crippen molar-refractivity contribution in [1.82, 2.24) is 9.97 Å². The van der Waals surface area contributed by atoms with Crippen LogP contribution in [0.2, 0.25) is 0 Å². The van der Waals surface area contributed by atoms with Gasteiger partial charge >= 0.3 is 0 Å². The van der Waals surface area contributed by atoms with Gasteiger partial charge in [0.05, 0.1) is 5.52 Å². The molecule has 1 saturated heterocycles. The maximum atomic E-state index is 4.88. The molecule has 1 fully saturated rings. The molecule has 1 aliphatic rings. The molecule has 4 nitrogen and oxygen atoms in total. The lowest BCUT2D eigenvalue weighted by Crippen LogP contribution is -2.35. The Balaban J connectivity index is 1.66. The number of nitrogens with zero attached hydrogens (tertiary/aromatic N) is 3. The van der Waals surface area contributed by atoms with Crippen molar-refractivity contribution in [2.24, 2.45) is 5.92 Å². The zero-order valence-electron chi connectivity index (χ0n) is 14.7. The first-order chi connectivity index (χ1) is 12.3. The molecule has 4 heteroatoms. The van der Waals surface area contributed by atoms with E-state index >= 15 is 0 Å². The van der Waals surface area contributed by atoms with Crippen molar-refractivity contribution in [3.05, 3.63) is 60.2 Å². The van der Waals surface area contributed by atoms with Crippen LogP contribution in [-0.4, -0.2) is 23.1 Å². The van der Waals surface area contributed by atoms with Gasteiger partial charge in [0.1, 0.15) is 5.82 Å². The van der Waals surface area contributed by atoms with Crippen LogP contribution in [0.5, 0.6) is 0 Å². The molecule has 25 heavy (non-hydrogen) atoms. The normalized spacial score (nSPS) is 17.6. The standard InChI is InChI=1S/C21H24N4/c1-16-8-7-13-25(15-16)21-23-19-12-6-5-11-18(19)20(24-21)22-14-17-9-3-2-4-10-17/h2-6,9-12,16H,7-8,13-15H2,1H3,(H,22,23,24). The first kappa shape index (κ1) is 15.9. The van der Waals surface area contributed by atoms with Crippen LogP contribution in [0.1, 0.15) is 25.3 Å². The molecule has 1 aliphatic heterocycles. The summed E-state index contributed by atoms with van der Waals surface area (Å²) in [4.78, 5) is 12.0. The molecule has 0 amide bonds. The third kappa shape index (κ3) is 3.58. The van der Waals surface area contributed by atoms with Gasteiger partial charge in [-0.05, 0) is 36.5 Å². The van der Waals surface area contributed by atoms with E-state index in [2.05, 4.69) is 53.5 Å². The number of piperidine rings is 1. The number of nitrogens with one attached hydrogen (secondary N) is 1. The Morgan fingerprint density at radius 1 is 1.04 bits per heavy atom. The highest BCUT2D eigenvalue weighted by Crippen LogP contribution is 2.26. The topological polar surface area (TPSA) is 41.1 Å². The minimum Gasteiger partial charge on any atom is -0.365 e. The molecule has 1 aromatic heterocycles. The molecule has 0 spiro atoms. The van der Waals surface area contributed by atoms with Gasteiger partial charge in [0, 0.05) is 25.0 Å². The summed E-state index contributed by atoms with van der Waals surface area (Å²) in [7, 11) is 0. The van der Waals surface area contributed by atoms with Gasteiger partial charge in [-0.3, -0.25) is 0 Å². The molecule has 0 radical (unpaired) electrons. The molecular weight excluding hydrogens is 308 g/mol. The Labute approximate surface area is 148 Å². The molecule has 3 aromatic rings. The number of hydrogen-bond donors (Lipinski definition) is 1. The van der Waals surface area contributed by atoms with E-state index in [1.165, 1.54) is 18.4 Å². The first-order valence-corrected chi connectivity index (χ1v) is 9.09. The average Bonchev–Trinajstić information content (AvgIpc) is 2.67. The van der Waals surface area contributed by atoms with E-state index in [0.717, 1.165) is 42.3 Å². The van der Waals surface area contributed by atoms with Crippen LogP contribution < -0.4 is 10.2 Å². The number of hydrogen-bond acceptors (Lipinski definition) is 4. The van der Waals surface area contributed by atoms with E-state index in [4.69, 9.17) is 9.97 Å². The van der Waals surface area contributed by atoms with E-state index in [9.17, 15) is 0 Å². The highest BCUT2D eigenvalue weighted by Gasteiger charge is 2.20. The molecule has 128 valence electrons. The summed E-state index contributed by atoms with van der Waals surface area (Å²) in [5.41, 5.74) is 2.25. The minimum atomic E-state index is 0.699. The molecular formula is C21H24N4. The van der Waals surface area contributed by atoms with Crippen molar-refractivity contribution >= 4 is 22.7 Å². The Hall–Kier alpha value is -2.62. The number of aromatic nitrogens is 2. The molecule has 1 atom stereocenters. The molecule has 4 rings (SSSR count). The fourth-order valence-electron chi connectivity index (χ4n) is 3.49. The molecule has 1 unspecified atom stereocenters. The van der Waals surface area contributed by atoms with Crippen LogP contribution in [0.15, 0.2) is 54.6 Å². The van der Waals surface area contributed by atoms with Crippen molar-refractivity contribution in [1.29, 1.82) is 0 Å². The highest BCUT2D eigenvalue weighted by molar-refractivity contribution is 5.90. The molecule has 2 heterocycles. The van der Waals surface area contributed by atoms with Crippen molar-refractivity contribution in [3.8, 4) is 0 Å². The lowest BCUT2D eigenvalue weighted by Gasteiger charge is -2.31. The summed E-state index contributed by atoms with van der Waals surface area (Å²) in [5, 5.41) is 4.59. The van der Waals surface area contributed by atoms with Crippen LogP contribution in [0.4, 0.5) is 11.8 Å². The van der Waals surface area contributed by atoms with Crippen LogP contribution in [-0.2, 0) is 6.54 Å². The van der Waals surface area contributed by atoms with Gasteiger partial charge in [0.15, 0.2) is 0 Å². The van der Waals surface area contributed by atoms with Crippen molar-refractivity contribution in [2.45, 2.75) is 26.3 Å². The number of anilines is 2. The van der Waals surface area contributed by atoms with Gasteiger partial charge in [-0.25, -0.2) is 4.98 Å². The molecule has 1 N–H and O–H groups in total. The predicted octanol–water partition coefficient (Wildman–Crippen LogP) is 4.48. The number of benzene rings is 2. The Bertz CT molecular complexity index is 847. The largest absolute Gasteiger partial charge is 0.365 e. The van der Waals surface area contributed by atoms with Gasteiger partial charge in [-0.15, -0.1) is 0 Å². The summed E-state index contributed by atoms with van der Waals surface area (Å²) in [5.74, 6) is 2.47. The lowest BCUT2D eigenvalue weighted by atomic mass is 10.0. The zero-order chi connectivity index (χ0) is 17.1. The molecule has 0 bridgehead atoms. The summed E-state index contributed by atoms with van der Waals surface area (Å²) >= 11 is 0. The molecule has 0 aliphatic carbocycles. The van der Waals surface area contributed by atoms with E-state index in [0.29, 0.717) is 5.92 Å². The monoisotopic (exact) mass is 332 g/mol. The second-order valence-electron chi connectivity index (χ2n) is 6.92. The minimum absolute atomic E-state index is 0.699. The Morgan fingerprint density at radius 2 is 1.84 bits per heavy atom. The predicted molar refractivity (Wildman–Crippen MR) is 104 cm³/mol. The van der Waals surface area contributed by atoms with Crippen LogP contribution in [0.25, 0.3) is 10.9 Å². The van der Waals surface area contributed by atoms with Crippen LogP contribution in [0.3, 0.4) is 0 Å². The fraction of sp³-hybridized carbons (Fsp3) is 0.333. The van der Waals surface area contributed by atoms with Crippen LogP contribution in [0, 0.1) is 5.92 Å². The van der Waals surface area contributed by atoms with Crippen molar-refractivity contribution in [3.63, 3.8) is 0 Å². The second kappa shape index (κ2) is 7.09. The summed E-state index contributed by atoms with van der Waals surface area (Å²) < 4.78 is 0. The Morgan fingerprint density at radius 3 is 2.68 bits per heavy atom. The van der Waals surface area contributed by atoms with E-state index in [-0.39, 0.29) is 0 Å². The molecule has 2 aromatic carbocycles. The first-order valence-electron chi connectivity index (χ1n) is 9.09. The van der Waals surface area contributed by atoms with Gasteiger partial charge in [0.2, 0.25) is 5.95 Å². The third-order valence-corrected chi connectivity index (χ3v) is 4.83. The summed E-state index contributed by atoms with van der Waals surface area (Å²) in [6.45, 7) is 5.15. The van der Waals surface area contributed by atoms with E-state index < -0.39 is 0 Å². The summed E-state index contributed by atoms with van der Waals surface area (Å²) in [6, 6.07) is 18.7. The van der Waals surface area contributed by atoms with Crippen molar-refractivity contribution in [2.75, 3.05) is 23.3 Å².